The number of nitrogens with one attached hydrogen (secondary N) is 1. The number of carbonyl (C=O) groups is 1. The van der Waals surface area contributed by atoms with Gasteiger partial charge in [0.25, 0.3) is 0 Å². The third-order valence-electron chi connectivity index (χ3n) is 2.41. The Balaban J connectivity index is 1.99. The largest absolute Gasteiger partial charge is 0.479 e. The molecule has 2 rings (SSSR count). The maximum atomic E-state index is 10.5. The Morgan fingerprint density at radius 3 is 3.00 bits per heavy atom. The Kier molecular flexibility index (Phi) is 1.58. The Labute approximate surface area is 64.5 Å². The average Bonchev–Trinajstić information content (AvgIpc) is 2.40. The standard InChI is InChI=1S/C7H11NO3/c9-7(10)5-1-4-2-8-3-6(4)11-5/h4-6,8H,1-3H2,(H,9,10). The van der Waals surface area contributed by atoms with E-state index < -0.39 is 12.1 Å². The first-order chi connectivity index (χ1) is 5.27. The summed E-state index contributed by atoms with van der Waals surface area (Å²) in [6.07, 6.45) is 0.274. The van der Waals surface area contributed by atoms with Gasteiger partial charge < -0.3 is 15.2 Å². The van der Waals surface area contributed by atoms with Gasteiger partial charge in [-0.25, -0.2) is 4.79 Å². The van der Waals surface area contributed by atoms with Gasteiger partial charge in [0.05, 0.1) is 6.10 Å². The van der Waals surface area contributed by atoms with E-state index in [9.17, 15) is 4.79 Å². The second-order valence-electron chi connectivity index (χ2n) is 3.16. The van der Waals surface area contributed by atoms with Crippen molar-refractivity contribution in [1.29, 1.82) is 0 Å². The van der Waals surface area contributed by atoms with Gasteiger partial charge in [0.15, 0.2) is 6.10 Å². The monoisotopic (exact) mass is 157 g/mol. The lowest BCUT2D eigenvalue weighted by atomic mass is 10.0. The maximum Gasteiger partial charge on any atom is 0.332 e. The van der Waals surface area contributed by atoms with E-state index in [4.69, 9.17) is 9.84 Å². The number of carboxylic acids is 1. The zero-order valence-electron chi connectivity index (χ0n) is 6.12. The number of hydrogen-bond acceptors (Lipinski definition) is 3. The van der Waals surface area contributed by atoms with Crippen LogP contribution in [0.3, 0.4) is 0 Å². The molecule has 11 heavy (non-hydrogen) atoms. The van der Waals surface area contributed by atoms with Crippen LogP contribution in [0.15, 0.2) is 0 Å². The van der Waals surface area contributed by atoms with Crippen LogP contribution in [0.4, 0.5) is 0 Å². The van der Waals surface area contributed by atoms with E-state index in [1.54, 1.807) is 0 Å². The molecule has 4 nitrogen and oxygen atoms in total. The first kappa shape index (κ1) is 7.06. The lowest BCUT2D eigenvalue weighted by Gasteiger charge is -2.06. The molecule has 2 aliphatic rings. The molecule has 0 aromatic carbocycles. The van der Waals surface area contributed by atoms with Gasteiger partial charge in [-0.3, -0.25) is 0 Å². The van der Waals surface area contributed by atoms with E-state index in [2.05, 4.69) is 5.32 Å². The molecular formula is C7H11NO3. The van der Waals surface area contributed by atoms with Gasteiger partial charge in [-0.05, 0) is 6.42 Å². The number of carboxylic acid groups (broad SMARTS) is 1. The summed E-state index contributed by atoms with van der Waals surface area (Å²) in [5.41, 5.74) is 0. The molecule has 0 aromatic rings. The van der Waals surface area contributed by atoms with Gasteiger partial charge in [-0.2, -0.15) is 0 Å². The van der Waals surface area contributed by atoms with Crippen LogP contribution in [0, 0.1) is 5.92 Å². The molecule has 62 valence electrons. The minimum absolute atomic E-state index is 0.149. The Morgan fingerprint density at radius 1 is 1.55 bits per heavy atom. The van der Waals surface area contributed by atoms with Crippen LogP contribution in [0.2, 0.25) is 0 Å². The number of ether oxygens (including phenoxy) is 1. The van der Waals surface area contributed by atoms with Crippen molar-refractivity contribution in [1.82, 2.24) is 5.32 Å². The molecule has 0 amide bonds. The fourth-order valence-corrected chi connectivity index (χ4v) is 1.80. The van der Waals surface area contributed by atoms with Crippen molar-refractivity contribution in [3.05, 3.63) is 0 Å². The summed E-state index contributed by atoms with van der Waals surface area (Å²) < 4.78 is 5.28. The predicted molar refractivity (Wildman–Crippen MR) is 37.3 cm³/mol. The van der Waals surface area contributed by atoms with Crippen molar-refractivity contribution >= 4 is 5.97 Å². The molecular weight excluding hydrogens is 146 g/mol. The van der Waals surface area contributed by atoms with Crippen LogP contribution >= 0.6 is 0 Å². The summed E-state index contributed by atoms with van der Waals surface area (Å²) in [6.45, 7) is 1.73. The zero-order valence-corrected chi connectivity index (χ0v) is 6.12. The molecule has 0 spiro atoms. The van der Waals surface area contributed by atoms with E-state index in [0.717, 1.165) is 13.1 Å². The van der Waals surface area contributed by atoms with E-state index in [1.807, 2.05) is 0 Å². The molecule has 3 atom stereocenters. The second kappa shape index (κ2) is 2.46. The molecule has 3 unspecified atom stereocenters. The molecule has 0 aliphatic carbocycles. The Morgan fingerprint density at radius 2 is 2.36 bits per heavy atom. The quantitative estimate of drug-likeness (QED) is 0.536. The minimum atomic E-state index is -0.820. The van der Waals surface area contributed by atoms with Crippen molar-refractivity contribution < 1.29 is 14.6 Å². The van der Waals surface area contributed by atoms with Crippen molar-refractivity contribution in [2.45, 2.75) is 18.6 Å². The summed E-state index contributed by atoms with van der Waals surface area (Å²) in [6, 6.07) is 0. The van der Waals surface area contributed by atoms with Crippen LogP contribution in [-0.2, 0) is 9.53 Å². The lowest BCUT2D eigenvalue weighted by Crippen LogP contribution is -2.24. The molecule has 0 saturated carbocycles. The molecule has 2 fully saturated rings. The topological polar surface area (TPSA) is 58.6 Å². The zero-order chi connectivity index (χ0) is 7.84. The van der Waals surface area contributed by atoms with Crippen molar-refractivity contribution in [2.24, 2.45) is 5.92 Å². The van der Waals surface area contributed by atoms with Crippen LogP contribution in [0.1, 0.15) is 6.42 Å². The van der Waals surface area contributed by atoms with Gasteiger partial charge in [-0.15, -0.1) is 0 Å². The average molecular weight is 157 g/mol. The third kappa shape index (κ3) is 1.12. The molecule has 0 radical (unpaired) electrons. The predicted octanol–water partition coefficient (Wildman–Crippen LogP) is -0.552. The van der Waals surface area contributed by atoms with Gasteiger partial charge >= 0.3 is 5.97 Å². The highest BCUT2D eigenvalue weighted by atomic mass is 16.5. The molecule has 4 heteroatoms. The van der Waals surface area contributed by atoms with Gasteiger partial charge in [0, 0.05) is 19.0 Å². The van der Waals surface area contributed by atoms with Gasteiger partial charge in [-0.1, -0.05) is 0 Å². The summed E-state index contributed by atoms with van der Waals surface area (Å²) in [4.78, 5) is 10.5. The molecule has 2 N–H and O–H groups in total. The smallest absolute Gasteiger partial charge is 0.332 e. The van der Waals surface area contributed by atoms with Crippen molar-refractivity contribution in [2.75, 3.05) is 13.1 Å². The second-order valence-corrected chi connectivity index (χ2v) is 3.16. The SMILES string of the molecule is O=C(O)C1CC2CNCC2O1. The third-order valence-corrected chi connectivity index (χ3v) is 2.41. The van der Waals surface area contributed by atoms with Crippen LogP contribution in [-0.4, -0.2) is 36.4 Å². The van der Waals surface area contributed by atoms with Crippen LogP contribution in [0.5, 0.6) is 0 Å². The number of fused-ring (bicyclic) bond motifs is 1. The molecule has 2 heterocycles. The van der Waals surface area contributed by atoms with E-state index in [1.165, 1.54) is 0 Å². The number of aliphatic carboxylic acids is 1. The highest BCUT2D eigenvalue weighted by Crippen LogP contribution is 2.28. The van der Waals surface area contributed by atoms with E-state index in [-0.39, 0.29) is 6.10 Å². The fraction of sp³-hybridized carbons (Fsp3) is 0.857. The minimum Gasteiger partial charge on any atom is -0.479 e. The Bertz CT molecular complexity index is 171. The molecule has 2 aliphatic heterocycles. The Hall–Kier alpha value is -0.610. The first-order valence-electron chi connectivity index (χ1n) is 3.86. The summed E-state index contributed by atoms with van der Waals surface area (Å²) >= 11 is 0. The fourth-order valence-electron chi connectivity index (χ4n) is 1.80. The van der Waals surface area contributed by atoms with E-state index >= 15 is 0 Å². The maximum absolute atomic E-state index is 10.5. The number of hydrogen-bond donors (Lipinski definition) is 2. The normalized spacial score (nSPS) is 42.4. The summed E-state index contributed by atoms with van der Waals surface area (Å²) in [5, 5.41) is 11.8. The van der Waals surface area contributed by atoms with Gasteiger partial charge in [0.1, 0.15) is 0 Å². The van der Waals surface area contributed by atoms with Crippen molar-refractivity contribution in [3.63, 3.8) is 0 Å². The number of rotatable bonds is 1. The highest BCUT2D eigenvalue weighted by Gasteiger charge is 2.41. The molecule has 0 bridgehead atoms. The van der Waals surface area contributed by atoms with Crippen LogP contribution in [0.25, 0.3) is 0 Å². The van der Waals surface area contributed by atoms with Crippen molar-refractivity contribution in [3.8, 4) is 0 Å². The lowest BCUT2D eigenvalue weighted by molar-refractivity contribution is -0.149. The molecule has 0 aromatic heterocycles. The molecule has 2 saturated heterocycles. The van der Waals surface area contributed by atoms with Gasteiger partial charge in [0.2, 0.25) is 0 Å². The summed E-state index contributed by atoms with van der Waals surface area (Å²) in [7, 11) is 0. The highest BCUT2D eigenvalue weighted by molar-refractivity contribution is 5.72. The van der Waals surface area contributed by atoms with E-state index in [0.29, 0.717) is 12.3 Å². The van der Waals surface area contributed by atoms with Crippen LogP contribution < -0.4 is 5.32 Å². The first-order valence-corrected chi connectivity index (χ1v) is 3.86. The summed E-state index contributed by atoms with van der Waals surface area (Å²) in [5.74, 6) is -0.393.